The number of non-ortho nitro benzene ring substituents is 1. The van der Waals surface area contributed by atoms with Crippen LogP contribution >= 0.6 is 7.26 Å². The fourth-order valence-electron chi connectivity index (χ4n) is 6.62. The van der Waals surface area contributed by atoms with Gasteiger partial charge in [-0.1, -0.05) is 56.7 Å². The fraction of sp³-hybridized carbons (Fsp3) is 0.629. The normalized spacial score (nSPS) is 13.9. The van der Waals surface area contributed by atoms with Crippen molar-refractivity contribution in [3.8, 4) is 0 Å². The van der Waals surface area contributed by atoms with Gasteiger partial charge in [0.15, 0.2) is 0 Å². The smallest absolute Gasteiger partial charge is 0.269 e. The molecule has 2 aromatic carbocycles. The van der Waals surface area contributed by atoms with Gasteiger partial charge in [-0.05, 0) is 97.6 Å². The van der Waals surface area contributed by atoms with Crippen molar-refractivity contribution in [3.05, 3.63) is 70.3 Å². The molecule has 0 spiro atoms. The number of nitro groups is 1. The lowest BCUT2D eigenvalue weighted by atomic mass is 10.0. The van der Waals surface area contributed by atoms with Gasteiger partial charge in [0.2, 0.25) is 5.91 Å². The molecule has 7 heteroatoms. The maximum Gasteiger partial charge on any atom is 0.269 e. The molecule has 0 aliphatic carbocycles. The van der Waals surface area contributed by atoms with Crippen LogP contribution in [0.1, 0.15) is 124 Å². The summed E-state index contributed by atoms with van der Waals surface area (Å²) < 4.78 is 0. The van der Waals surface area contributed by atoms with Gasteiger partial charge in [0, 0.05) is 18.6 Å². The molecule has 42 heavy (non-hydrogen) atoms. The average Bonchev–Trinajstić information content (AvgIpc) is 2.92. The van der Waals surface area contributed by atoms with Gasteiger partial charge < -0.3 is 10.4 Å². The number of hydrogen-bond donors (Lipinski definition) is 2. The van der Waals surface area contributed by atoms with E-state index in [0.717, 1.165) is 19.3 Å². The second-order valence-electron chi connectivity index (χ2n) is 13.8. The molecule has 0 fully saturated rings. The molecular formula is C35H56N2O4P+. The number of hydrogen-bond acceptors (Lipinski definition) is 4. The molecule has 0 heterocycles. The number of aliphatic hydroxyl groups excluding tert-OH is 1. The van der Waals surface area contributed by atoms with Crippen LogP contribution < -0.4 is 10.6 Å². The largest absolute Gasteiger partial charge is 0.386 e. The maximum atomic E-state index is 12.3. The average molecular weight is 600 g/mol. The Morgan fingerprint density at radius 2 is 1.29 bits per heavy atom. The minimum Gasteiger partial charge on any atom is -0.386 e. The molecule has 234 valence electrons. The van der Waals surface area contributed by atoms with Crippen LogP contribution in [0.2, 0.25) is 0 Å². The van der Waals surface area contributed by atoms with Gasteiger partial charge >= 0.3 is 0 Å². The molecule has 2 atom stereocenters. The number of aliphatic hydroxyl groups is 1. The zero-order chi connectivity index (χ0) is 31.4. The van der Waals surface area contributed by atoms with Crippen molar-refractivity contribution in [1.82, 2.24) is 5.32 Å². The lowest BCUT2D eigenvalue weighted by molar-refractivity contribution is -0.384. The Bertz CT molecular complexity index is 1080. The zero-order valence-electron chi connectivity index (χ0n) is 27.2. The third-order valence-corrected chi connectivity index (χ3v) is 15.4. The molecule has 2 aromatic rings. The predicted octanol–water partition coefficient (Wildman–Crippen LogP) is 8.97. The monoisotopic (exact) mass is 599 g/mol. The highest BCUT2D eigenvalue weighted by molar-refractivity contribution is 7.85. The van der Waals surface area contributed by atoms with E-state index in [1.165, 1.54) is 69.0 Å². The van der Waals surface area contributed by atoms with Crippen LogP contribution in [0.15, 0.2) is 54.6 Å². The standard InChI is InChI=1S/C35H55N2O4P/c1-28(33(39)29-23-25-30(26-24-29)37(40)41)36-32(38)22-18-13-11-9-8-10-12-14-19-27-42(34(2,3)4,35(5,6)7)31-20-16-15-17-21-31/h15-17,20-21,23-26,28,33,39H,8-14,18-19,22,27H2,1-7H3/p+1/t28-,33+/m1/s1. The molecule has 0 radical (unpaired) electrons. The van der Waals surface area contributed by atoms with Crippen LogP contribution in [0.5, 0.6) is 0 Å². The third kappa shape index (κ3) is 10.2. The first-order chi connectivity index (χ1) is 19.7. The second-order valence-corrected chi connectivity index (χ2v) is 19.1. The first-order valence-corrected chi connectivity index (χ1v) is 17.8. The van der Waals surface area contributed by atoms with E-state index in [0.29, 0.717) is 12.0 Å². The van der Waals surface area contributed by atoms with E-state index in [1.54, 1.807) is 12.2 Å². The van der Waals surface area contributed by atoms with Crippen LogP contribution in [0.25, 0.3) is 0 Å². The van der Waals surface area contributed by atoms with Crippen molar-refractivity contribution in [2.45, 2.75) is 135 Å². The SMILES string of the molecule is C[C@@H](NC(=O)CCCCCCCCCCC[P+](c1ccccc1)(C(C)(C)C)C(C)(C)C)[C@H](O)c1ccc([N+](=O)[O-])cc1. The summed E-state index contributed by atoms with van der Waals surface area (Å²) in [6.07, 6.45) is 11.5. The summed E-state index contributed by atoms with van der Waals surface area (Å²) in [6.45, 7) is 16.5. The molecule has 0 unspecified atom stereocenters. The number of nitrogens with one attached hydrogen (secondary N) is 1. The van der Waals surface area contributed by atoms with E-state index < -0.39 is 24.3 Å². The number of rotatable bonds is 17. The summed E-state index contributed by atoms with van der Waals surface area (Å²) >= 11 is 0. The molecule has 6 nitrogen and oxygen atoms in total. The topological polar surface area (TPSA) is 92.5 Å². The molecular weight excluding hydrogens is 543 g/mol. The highest BCUT2D eigenvalue weighted by Crippen LogP contribution is 2.75. The number of nitrogens with zero attached hydrogens (tertiary/aromatic N) is 1. The Balaban J connectivity index is 1.62. The Kier molecular flexibility index (Phi) is 14.1. The quantitative estimate of drug-likeness (QED) is 0.0821. The maximum absolute atomic E-state index is 12.3. The fourth-order valence-corrected chi connectivity index (χ4v) is 13.2. The zero-order valence-corrected chi connectivity index (χ0v) is 28.1. The molecule has 2 N–H and O–H groups in total. The Morgan fingerprint density at radius 1 is 0.810 bits per heavy atom. The Hall–Kier alpha value is -2.30. The van der Waals surface area contributed by atoms with E-state index in [1.807, 2.05) is 0 Å². The van der Waals surface area contributed by atoms with Crippen molar-refractivity contribution < 1.29 is 14.8 Å². The molecule has 0 aromatic heterocycles. The predicted molar refractivity (Wildman–Crippen MR) is 179 cm³/mol. The van der Waals surface area contributed by atoms with Crippen LogP contribution in [0.4, 0.5) is 5.69 Å². The summed E-state index contributed by atoms with van der Waals surface area (Å²) in [4.78, 5) is 22.7. The number of benzene rings is 2. The minimum atomic E-state index is -1.40. The van der Waals surface area contributed by atoms with Gasteiger partial charge in [0.1, 0.15) is 0 Å². The minimum absolute atomic E-state index is 0.0223. The summed E-state index contributed by atoms with van der Waals surface area (Å²) in [5, 5.41) is 26.3. The molecule has 2 rings (SSSR count). The van der Waals surface area contributed by atoms with Crippen molar-refractivity contribution in [1.29, 1.82) is 0 Å². The van der Waals surface area contributed by atoms with Gasteiger partial charge in [-0.25, -0.2) is 0 Å². The summed E-state index contributed by atoms with van der Waals surface area (Å²) in [5.41, 5.74) is 0.528. The van der Waals surface area contributed by atoms with Crippen molar-refractivity contribution >= 4 is 24.2 Å². The lowest BCUT2D eigenvalue weighted by Crippen LogP contribution is -2.42. The van der Waals surface area contributed by atoms with Gasteiger partial charge in [0.05, 0.1) is 46.1 Å². The van der Waals surface area contributed by atoms with Crippen LogP contribution in [-0.2, 0) is 4.79 Å². The first-order valence-electron chi connectivity index (χ1n) is 15.9. The molecule has 0 saturated heterocycles. The van der Waals surface area contributed by atoms with Gasteiger partial charge in [0.25, 0.3) is 5.69 Å². The summed E-state index contributed by atoms with van der Waals surface area (Å²) in [7, 11) is -1.40. The number of amides is 1. The molecule has 1 amide bonds. The van der Waals surface area contributed by atoms with Gasteiger partial charge in [-0.15, -0.1) is 0 Å². The Labute approximate surface area is 255 Å². The van der Waals surface area contributed by atoms with Crippen molar-refractivity contribution in [2.24, 2.45) is 0 Å². The lowest BCUT2D eigenvalue weighted by Gasteiger charge is -2.47. The third-order valence-electron chi connectivity index (χ3n) is 8.69. The highest BCUT2D eigenvalue weighted by Gasteiger charge is 2.58. The van der Waals surface area contributed by atoms with Gasteiger partial charge in [-0.3, -0.25) is 14.9 Å². The van der Waals surface area contributed by atoms with E-state index in [4.69, 9.17) is 0 Å². The molecule has 0 aliphatic rings. The molecule has 0 aliphatic heterocycles. The summed E-state index contributed by atoms with van der Waals surface area (Å²) in [6, 6.07) is 16.6. The van der Waals surface area contributed by atoms with Crippen molar-refractivity contribution in [3.63, 3.8) is 0 Å². The van der Waals surface area contributed by atoms with E-state index in [-0.39, 0.29) is 21.9 Å². The first kappa shape index (κ1) is 35.9. The molecule has 0 saturated carbocycles. The second kappa shape index (κ2) is 16.5. The van der Waals surface area contributed by atoms with Crippen molar-refractivity contribution in [2.75, 3.05) is 6.16 Å². The van der Waals surface area contributed by atoms with Gasteiger partial charge in [-0.2, -0.15) is 0 Å². The molecule has 0 bridgehead atoms. The number of carbonyl (C=O) groups is 1. The Morgan fingerprint density at radius 3 is 1.76 bits per heavy atom. The van der Waals surface area contributed by atoms with Crippen LogP contribution in [0, 0.1) is 10.1 Å². The van der Waals surface area contributed by atoms with Crippen LogP contribution in [-0.4, -0.2) is 38.5 Å². The van der Waals surface area contributed by atoms with E-state index in [9.17, 15) is 20.0 Å². The number of nitro benzene ring substituents is 1. The van der Waals surface area contributed by atoms with E-state index >= 15 is 0 Å². The van der Waals surface area contributed by atoms with Crippen LogP contribution in [0.3, 0.4) is 0 Å². The number of unbranched alkanes of at least 4 members (excludes halogenated alkanes) is 8. The summed E-state index contributed by atoms with van der Waals surface area (Å²) in [5.74, 6) is -0.0663. The highest BCUT2D eigenvalue weighted by atomic mass is 31.2. The number of carbonyl (C=O) groups excluding carboxylic acids is 1. The van der Waals surface area contributed by atoms with E-state index in [2.05, 4.69) is 77.2 Å².